The first-order valence-electron chi connectivity index (χ1n) is 6.25. The van der Waals surface area contributed by atoms with E-state index in [0.717, 1.165) is 4.90 Å². The van der Waals surface area contributed by atoms with E-state index < -0.39 is 17.6 Å². The number of methoxy groups -OCH3 is 1. The number of imide groups is 1. The van der Waals surface area contributed by atoms with Gasteiger partial charge in [-0.3, -0.25) is 14.5 Å². The Morgan fingerprint density at radius 1 is 1.25 bits per heavy atom. The predicted molar refractivity (Wildman–Crippen MR) is 67.3 cm³/mol. The van der Waals surface area contributed by atoms with Crippen molar-refractivity contribution in [2.24, 2.45) is 0 Å². The Kier molecular flexibility index (Phi) is 2.65. The van der Waals surface area contributed by atoms with Crippen LogP contribution in [0.4, 0.5) is 0 Å². The molecule has 1 fully saturated rings. The number of aliphatic carboxylic acids is 1. The molecule has 2 amide bonds. The largest absolute Gasteiger partial charge is 0.479 e. The first-order chi connectivity index (χ1) is 9.50. The average Bonchev–Trinajstić information content (AvgIpc) is 2.63. The maximum atomic E-state index is 12.2. The molecule has 1 aliphatic carbocycles. The van der Waals surface area contributed by atoms with Crippen LogP contribution in [0.25, 0.3) is 0 Å². The number of carboxylic acid groups (broad SMARTS) is 1. The SMILES string of the molecule is COC1(C(=O)O)CC(N2C(=O)c3ccccc3C2=O)C1. The number of carbonyl (C=O) groups is 3. The second-order valence-electron chi connectivity index (χ2n) is 5.09. The normalized spacial score (nSPS) is 28.2. The predicted octanol–water partition coefficient (Wildman–Crippen LogP) is 0.915. The molecule has 1 saturated carbocycles. The molecule has 20 heavy (non-hydrogen) atoms. The number of nitrogens with zero attached hydrogens (tertiary/aromatic N) is 1. The first kappa shape index (κ1) is 12.8. The third-order valence-corrected chi connectivity index (χ3v) is 4.10. The summed E-state index contributed by atoms with van der Waals surface area (Å²) in [7, 11) is 1.33. The van der Waals surface area contributed by atoms with Gasteiger partial charge < -0.3 is 9.84 Å². The van der Waals surface area contributed by atoms with Gasteiger partial charge in [-0.25, -0.2) is 4.79 Å². The van der Waals surface area contributed by atoms with Crippen LogP contribution in [0.5, 0.6) is 0 Å². The van der Waals surface area contributed by atoms with Gasteiger partial charge in [-0.05, 0) is 12.1 Å². The molecule has 0 atom stereocenters. The zero-order chi connectivity index (χ0) is 14.5. The van der Waals surface area contributed by atoms with E-state index in [1.807, 2.05) is 0 Å². The molecular weight excluding hydrogens is 262 g/mol. The topological polar surface area (TPSA) is 83.9 Å². The fourth-order valence-corrected chi connectivity index (χ4v) is 2.85. The Bertz CT molecular complexity index is 583. The maximum Gasteiger partial charge on any atom is 0.336 e. The molecule has 1 N–H and O–H groups in total. The number of ether oxygens (including phenoxy) is 1. The summed E-state index contributed by atoms with van der Waals surface area (Å²) in [5, 5.41) is 9.14. The van der Waals surface area contributed by atoms with Gasteiger partial charge in [0.1, 0.15) is 0 Å². The van der Waals surface area contributed by atoms with E-state index in [1.54, 1.807) is 24.3 Å². The molecular formula is C14H13NO5. The van der Waals surface area contributed by atoms with Crippen molar-refractivity contribution in [3.63, 3.8) is 0 Å². The van der Waals surface area contributed by atoms with E-state index >= 15 is 0 Å². The van der Waals surface area contributed by atoms with Crippen molar-refractivity contribution < 1.29 is 24.2 Å². The molecule has 0 radical (unpaired) electrons. The second kappa shape index (κ2) is 4.14. The van der Waals surface area contributed by atoms with Crippen LogP contribution in [0.15, 0.2) is 24.3 Å². The summed E-state index contributed by atoms with van der Waals surface area (Å²) < 4.78 is 5.02. The third kappa shape index (κ3) is 1.51. The summed E-state index contributed by atoms with van der Waals surface area (Å²) in [6, 6.07) is 6.19. The van der Waals surface area contributed by atoms with Gasteiger partial charge in [0.15, 0.2) is 5.60 Å². The number of fused-ring (bicyclic) bond motifs is 1. The molecule has 104 valence electrons. The molecule has 1 aromatic carbocycles. The number of carbonyl (C=O) groups excluding carboxylic acids is 2. The van der Waals surface area contributed by atoms with Crippen molar-refractivity contribution in [3.05, 3.63) is 35.4 Å². The lowest BCUT2D eigenvalue weighted by Crippen LogP contribution is -2.61. The highest BCUT2D eigenvalue weighted by molar-refractivity contribution is 6.21. The van der Waals surface area contributed by atoms with Crippen molar-refractivity contribution in [2.75, 3.05) is 7.11 Å². The average molecular weight is 275 g/mol. The van der Waals surface area contributed by atoms with Crippen LogP contribution < -0.4 is 0 Å². The lowest BCUT2D eigenvalue weighted by molar-refractivity contribution is -0.179. The minimum atomic E-state index is -1.28. The number of hydrogen-bond donors (Lipinski definition) is 1. The number of hydrogen-bond acceptors (Lipinski definition) is 4. The van der Waals surface area contributed by atoms with E-state index in [-0.39, 0.29) is 24.7 Å². The Hall–Kier alpha value is -2.21. The summed E-state index contributed by atoms with van der Waals surface area (Å²) in [4.78, 5) is 36.8. The molecule has 0 aromatic heterocycles. The van der Waals surface area contributed by atoms with E-state index in [1.165, 1.54) is 7.11 Å². The quantitative estimate of drug-likeness (QED) is 0.829. The minimum Gasteiger partial charge on any atom is -0.479 e. The van der Waals surface area contributed by atoms with Crippen LogP contribution in [-0.4, -0.2) is 46.5 Å². The van der Waals surface area contributed by atoms with E-state index in [0.29, 0.717) is 11.1 Å². The van der Waals surface area contributed by atoms with Crippen LogP contribution in [-0.2, 0) is 9.53 Å². The van der Waals surface area contributed by atoms with Gasteiger partial charge in [0.05, 0.1) is 11.1 Å². The first-order valence-corrected chi connectivity index (χ1v) is 6.25. The van der Waals surface area contributed by atoms with Crippen LogP contribution in [0, 0.1) is 0 Å². The van der Waals surface area contributed by atoms with Gasteiger partial charge in [-0.15, -0.1) is 0 Å². The summed E-state index contributed by atoms with van der Waals surface area (Å²) in [6.07, 6.45) is 0.259. The van der Waals surface area contributed by atoms with Crippen LogP contribution >= 0.6 is 0 Å². The highest BCUT2D eigenvalue weighted by Crippen LogP contribution is 2.41. The zero-order valence-corrected chi connectivity index (χ0v) is 10.8. The van der Waals surface area contributed by atoms with Gasteiger partial charge in [0, 0.05) is 26.0 Å². The number of amides is 2. The Morgan fingerprint density at radius 2 is 1.75 bits per heavy atom. The smallest absolute Gasteiger partial charge is 0.336 e. The molecule has 0 bridgehead atoms. The fourth-order valence-electron chi connectivity index (χ4n) is 2.85. The summed E-state index contributed by atoms with van der Waals surface area (Å²) in [6.45, 7) is 0. The van der Waals surface area contributed by atoms with Crippen molar-refractivity contribution in [3.8, 4) is 0 Å². The summed E-state index contributed by atoms with van der Waals surface area (Å²) >= 11 is 0. The van der Waals surface area contributed by atoms with E-state index in [2.05, 4.69) is 0 Å². The number of carboxylic acids is 1. The van der Waals surface area contributed by atoms with Crippen LogP contribution in [0.2, 0.25) is 0 Å². The molecule has 6 heteroatoms. The highest BCUT2D eigenvalue weighted by atomic mass is 16.5. The van der Waals surface area contributed by atoms with Gasteiger partial charge in [0.2, 0.25) is 0 Å². The van der Waals surface area contributed by atoms with Crippen molar-refractivity contribution >= 4 is 17.8 Å². The maximum absolute atomic E-state index is 12.2. The van der Waals surface area contributed by atoms with Gasteiger partial charge >= 0.3 is 5.97 Å². The zero-order valence-electron chi connectivity index (χ0n) is 10.8. The van der Waals surface area contributed by atoms with E-state index in [4.69, 9.17) is 9.84 Å². The monoisotopic (exact) mass is 275 g/mol. The lowest BCUT2D eigenvalue weighted by atomic mass is 9.74. The fraction of sp³-hybridized carbons (Fsp3) is 0.357. The molecule has 1 heterocycles. The molecule has 0 spiro atoms. The Morgan fingerprint density at radius 3 is 2.15 bits per heavy atom. The molecule has 2 aliphatic rings. The summed E-state index contributed by atoms with van der Waals surface area (Å²) in [5.74, 6) is -1.77. The Labute approximate surface area is 114 Å². The highest BCUT2D eigenvalue weighted by Gasteiger charge is 2.56. The Balaban J connectivity index is 1.84. The summed E-state index contributed by atoms with van der Waals surface area (Å²) in [5.41, 5.74) is -0.523. The molecule has 3 rings (SSSR count). The molecule has 1 aromatic rings. The van der Waals surface area contributed by atoms with Crippen molar-refractivity contribution in [1.82, 2.24) is 4.90 Å². The molecule has 1 aliphatic heterocycles. The third-order valence-electron chi connectivity index (χ3n) is 4.10. The standard InChI is InChI=1S/C14H13NO5/c1-20-14(13(18)19)6-8(7-14)15-11(16)9-4-2-3-5-10(9)12(15)17/h2-5,8H,6-7H2,1H3,(H,18,19). The van der Waals surface area contributed by atoms with E-state index in [9.17, 15) is 14.4 Å². The number of benzene rings is 1. The van der Waals surface area contributed by atoms with Crippen LogP contribution in [0.3, 0.4) is 0 Å². The van der Waals surface area contributed by atoms with Gasteiger partial charge in [-0.1, -0.05) is 12.1 Å². The van der Waals surface area contributed by atoms with Gasteiger partial charge in [0.25, 0.3) is 11.8 Å². The number of rotatable bonds is 3. The molecule has 6 nitrogen and oxygen atoms in total. The minimum absolute atomic E-state index is 0.129. The van der Waals surface area contributed by atoms with Crippen molar-refractivity contribution in [1.29, 1.82) is 0 Å². The second-order valence-corrected chi connectivity index (χ2v) is 5.09. The van der Waals surface area contributed by atoms with Gasteiger partial charge in [-0.2, -0.15) is 0 Å². The molecule has 0 unspecified atom stereocenters. The van der Waals surface area contributed by atoms with Crippen molar-refractivity contribution in [2.45, 2.75) is 24.5 Å². The lowest BCUT2D eigenvalue weighted by Gasteiger charge is -2.45. The van der Waals surface area contributed by atoms with Crippen LogP contribution in [0.1, 0.15) is 33.6 Å². The molecule has 0 saturated heterocycles.